The van der Waals surface area contributed by atoms with Crippen molar-refractivity contribution in [3.05, 3.63) is 35.7 Å². The number of fused-ring (bicyclic) bond motifs is 1. The summed E-state index contributed by atoms with van der Waals surface area (Å²) in [5, 5.41) is 5.72. The molecule has 0 radical (unpaired) electrons. The largest absolute Gasteiger partial charge is 0.497 e. The Kier molecular flexibility index (Phi) is 4.03. The Morgan fingerprint density at radius 3 is 2.54 bits per heavy atom. The monoisotopic (exact) mass is 359 g/mol. The minimum Gasteiger partial charge on any atom is -0.497 e. The van der Waals surface area contributed by atoms with Crippen LogP contribution in [0.4, 0.5) is 13.2 Å². The molecule has 0 fully saturated rings. The molecule has 0 saturated carbocycles. The minimum absolute atomic E-state index is 0.0733. The molecule has 128 valence electrons. The zero-order valence-electron chi connectivity index (χ0n) is 12.2. The molecule has 0 unspecified atom stereocenters. The van der Waals surface area contributed by atoms with E-state index in [-0.39, 0.29) is 5.16 Å². The summed E-state index contributed by atoms with van der Waals surface area (Å²) in [4.78, 5) is 11.7. The van der Waals surface area contributed by atoms with Crippen LogP contribution in [0.1, 0.15) is 17.4 Å². The average molecular weight is 359 g/mol. The SMILES string of the molecule is COc1ccc([C@@H]2Nn3c(nnc3C(F)(F)F)S[C@@H]2C(N)=O)cc1. The van der Waals surface area contributed by atoms with Gasteiger partial charge in [0.2, 0.25) is 11.1 Å². The second-order valence-corrected chi connectivity index (χ2v) is 6.07. The number of nitrogens with one attached hydrogen (secondary N) is 1. The summed E-state index contributed by atoms with van der Waals surface area (Å²) in [6.45, 7) is 0. The van der Waals surface area contributed by atoms with Crippen LogP contribution in [0.2, 0.25) is 0 Å². The third-order valence-corrected chi connectivity index (χ3v) is 4.68. The van der Waals surface area contributed by atoms with E-state index in [4.69, 9.17) is 10.5 Å². The molecule has 2 heterocycles. The Morgan fingerprint density at radius 1 is 1.33 bits per heavy atom. The lowest BCUT2D eigenvalue weighted by molar-refractivity contribution is -0.147. The first-order valence-electron chi connectivity index (χ1n) is 6.70. The summed E-state index contributed by atoms with van der Waals surface area (Å²) in [7, 11) is 1.50. The van der Waals surface area contributed by atoms with Crippen molar-refractivity contribution in [2.45, 2.75) is 22.6 Å². The minimum atomic E-state index is -4.68. The van der Waals surface area contributed by atoms with Crippen LogP contribution >= 0.6 is 11.8 Å². The smallest absolute Gasteiger partial charge is 0.453 e. The average Bonchev–Trinajstić information content (AvgIpc) is 2.96. The summed E-state index contributed by atoms with van der Waals surface area (Å²) in [6.07, 6.45) is -4.68. The van der Waals surface area contributed by atoms with Gasteiger partial charge in [-0.2, -0.15) is 13.2 Å². The molecule has 0 saturated heterocycles. The molecule has 1 aromatic carbocycles. The first-order chi connectivity index (χ1) is 11.3. The Morgan fingerprint density at radius 2 is 2.00 bits per heavy atom. The van der Waals surface area contributed by atoms with Gasteiger partial charge in [-0.3, -0.25) is 4.79 Å². The number of methoxy groups -OCH3 is 1. The molecule has 1 aliphatic rings. The summed E-state index contributed by atoms with van der Waals surface area (Å²) in [5.41, 5.74) is 8.63. The van der Waals surface area contributed by atoms with Gasteiger partial charge in [-0.15, -0.1) is 10.2 Å². The number of ether oxygens (including phenoxy) is 1. The fourth-order valence-corrected chi connectivity index (χ4v) is 3.35. The Labute approximate surface area is 138 Å². The maximum atomic E-state index is 13.0. The molecule has 2 aromatic rings. The van der Waals surface area contributed by atoms with Gasteiger partial charge in [0.25, 0.3) is 5.82 Å². The second kappa shape index (κ2) is 5.89. The summed E-state index contributed by atoms with van der Waals surface area (Å²) >= 11 is 0.836. The number of rotatable bonds is 3. The highest BCUT2D eigenvalue weighted by Gasteiger charge is 2.43. The number of nitrogens with two attached hydrogens (primary N) is 1. The number of primary amides is 1. The third-order valence-electron chi connectivity index (χ3n) is 3.45. The number of nitrogens with zero attached hydrogens (tertiary/aromatic N) is 3. The molecule has 11 heteroatoms. The first kappa shape index (κ1) is 16.4. The molecule has 24 heavy (non-hydrogen) atoms. The van der Waals surface area contributed by atoms with E-state index in [0.717, 1.165) is 16.4 Å². The van der Waals surface area contributed by atoms with Crippen molar-refractivity contribution in [3.63, 3.8) is 0 Å². The van der Waals surface area contributed by atoms with Gasteiger partial charge >= 0.3 is 6.18 Å². The number of carbonyl (C=O) groups is 1. The number of amides is 1. The lowest BCUT2D eigenvalue weighted by atomic mass is 10.0. The highest BCUT2D eigenvalue weighted by Crippen LogP contribution is 2.39. The van der Waals surface area contributed by atoms with Crippen LogP contribution in [0.5, 0.6) is 5.75 Å². The van der Waals surface area contributed by atoms with Gasteiger partial charge in [0, 0.05) is 0 Å². The number of halogens is 3. The van der Waals surface area contributed by atoms with E-state index >= 15 is 0 Å². The molecule has 3 N–H and O–H groups in total. The summed E-state index contributed by atoms with van der Waals surface area (Å²) < 4.78 is 44.8. The molecule has 0 bridgehead atoms. The van der Waals surface area contributed by atoms with Crippen LogP contribution in [0.15, 0.2) is 29.4 Å². The fourth-order valence-electron chi connectivity index (χ4n) is 2.32. The topological polar surface area (TPSA) is 95.1 Å². The molecule has 0 spiro atoms. The van der Waals surface area contributed by atoms with Gasteiger partial charge in [-0.05, 0) is 17.7 Å². The predicted octanol–water partition coefficient (Wildman–Crippen LogP) is 1.55. The van der Waals surface area contributed by atoms with E-state index < -0.39 is 29.2 Å². The second-order valence-electron chi connectivity index (χ2n) is 4.96. The van der Waals surface area contributed by atoms with Crippen molar-refractivity contribution in [3.8, 4) is 5.75 Å². The quantitative estimate of drug-likeness (QED) is 0.863. The molecule has 7 nitrogen and oxygen atoms in total. The van der Waals surface area contributed by atoms with Gasteiger partial charge < -0.3 is 15.9 Å². The van der Waals surface area contributed by atoms with Crippen molar-refractivity contribution in [2.75, 3.05) is 12.5 Å². The number of hydrogen-bond donors (Lipinski definition) is 2. The van der Waals surface area contributed by atoms with Crippen LogP contribution < -0.4 is 15.9 Å². The summed E-state index contributed by atoms with van der Waals surface area (Å²) in [5.74, 6) is -1.28. The van der Waals surface area contributed by atoms with Gasteiger partial charge in [0.05, 0.1) is 13.2 Å². The number of thioether (sulfide) groups is 1. The maximum absolute atomic E-state index is 13.0. The Balaban J connectivity index is 2.01. The number of aromatic nitrogens is 3. The molecule has 1 amide bonds. The fraction of sp³-hybridized carbons (Fsp3) is 0.308. The zero-order valence-corrected chi connectivity index (χ0v) is 13.1. The van der Waals surface area contributed by atoms with Crippen LogP contribution in [0, 0.1) is 0 Å². The zero-order chi connectivity index (χ0) is 17.5. The van der Waals surface area contributed by atoms with Crippen LogP contribution in [0.3, 0.4) is 0 Å². The first-order valence-corrected chi connectivity index (χ1v) is 7.58. The molecular weight excluding hydrogens is 347 g/mol. The standard InChI is InChI=1S/C13H12F3N5O2S/c1-23-7-4-2-6(3-5-7)8-9(10(17)22)24-12-19-18-11(13(14,15)16)21(12)20-8/h2-5,8-9,20H,1H3,(H2,17,22)/t8-,9-/m0/s1. The predicted molar refractivity (Wildman–Crippen MR) is 79.0 cm³/mol. The maximum Gasteiger partial charge on any atom is 0.453 e. The van der Waals surface area contributed by atoms with Crippen molar-refractivity contribution in [2.24, 2.45) is 5.73 Å². The van der Waals surface area contributed by atoms with Crippen molar-refractivity contribution in [1.29, 1.82) is 0 Å². The van der Waals surface area contributed by atoms with E-state index in [0.29, 0.717) is 11.3 Å². The van der Waals surface area contributed by atoms with E-state index in [1.165, 1.54) is 7.11 Å². The van der Waals surface area contributed by atoms with E-state index in [9.17, 15) is 18.0 Å². The van der Waals surface area contributed by atoms with E-state index in [2.05, 4.69) is 15.6 Å². The highest BCUT2D eigenvalue weighted by molar-refractivity contribution is 8.00. The van der Waals surface area contributed by atoms with Crippen LogP contribution in [-0.2, 0) is 11.0 Å². The summed E-state index contributed by atoms with van der Waals surface area (Å²) in [6, 6.07) is 5.81. The Hall–Kier alpha value is -2.43. The number of alkyl halides is 3. The normalized spacial score (nSPS) is 20.2. The van der Waals surface area contributed by atoms with Gasteiger partial charge in [-0.25, -0.2) is 4.68 Å². The molecule has 1 aromatic heterocycles. The molecular formula is C13H12F3N5O2S. The van der Waals surface area contributed by atoms with Crippen molar-refractivity contribution >= 4 is 17.7 Å². The van der Waals surface area contributed by atoms with Crippen LogP contribution in [0.25, 0.3) is 0 Å². The van der Waals surface area contributed by atoms with E-state index in [1.807, 2.05) is 0 Å². The van der Waals surface area contributed by atoms with Crippen LogP contribution in [-0.4, -0.2) is 33.1 Å². The molecule has 3 rings (SSSR count). The highest BCUT2D eigenvalue weighted by atomic mass is 32.2. The number of benzene rings is 1. The lowest BCUT2D eigenvalue weighted by Crippen LogP contribution is -2.42. The third kappa shape index (κ3) is 2.86. The number of carbonyl (C=O) groups excluding carboxylic acids is 1. The van der Waals surface area contributed by atoms with Gasteiger partial charge in [0.15, 0.2) is 0 Å². The van der Waals surface area contributed by atoms with Gasteiger partial charge in [-0.1, -0.05) is 23.9 Å². The molecule has 2 atom stereocenters. The van der Waals surface area contributed by atoms with Gasteiger partial charge in [0.1, 0.15) is 11.0 Å². The lowest BCUT2D eigenvalue weighted by Gasteiger charge is -2.32. The van der Waals surface area contributed by atoms with Crippen molar-refractivity contribution < 1.29 is 22.7 Å². The molecule has 0 aliphatic carbocycles. The van der Waals surface area contributed by atoms with Crippen molar-refractivity contribution in [1.82, 2.24) is 14.9 Å². The molecule has 1 aliphatic heterocycles. The number of hydrogen-bond acceptors (Lipinski definition) is 6. The van der Waals surface area contributed by atoms with E-state index in [1.54, 1.807) is 24.3 Å². The Bertz CT molecular complexity index is 762.